The van der Waals surface area contributed by atoms with E-state index >= 15 is 0 Å². The lowest BCUT2D eigenvalue weighted by atomic mass is 10.1. The number of ether oxygens (including phenoxy) is 5. The van der Waals surface area contributed by atoms with Crippen LogP contribution in [0.2, 0.25) is 18.1 Å². The van der Waals surface area contributed by atoms with Gasteiger partial charge in [-0.05, 0) is 74.3 Å². The van der Waals surface area contributed by atoms with E-state index in [9.17, 15) is 4.79 Å². The van der Waals surface area contributed by atoms with Gasteiger partial charge in [-0.25, -0.2) is 4.79 Å². The van der Waals surface area contributed by atoms with Crippen molar-refractivity contribution in [3.8, 4) is 5.75 Å². The predicted molar refractivity (Wildman–Crippen MR) is 178 cm³/mol. The second-order valence-electron chi connectivity index (χ2n) is 12.8. The summed E-state index contributed by atoms with van der Waals surface area (Å²) in [5.41, 5.74) is 2.33. The maximum atomic E-state index is 12.3. The number of hydrogen-bond donors (Lipinski definition) is 0. The molecule has 43 heavy (non-hydrogen) atoms. The first-order valence-corrected chi connectivity index (χ1v) is 17.9. The Morgan fingerprint density at radius 1 is 0.698 bits per heavy atom. The first kappa shape index (κ1) is 36.5. The fourth-order valence-corrected chi connectivity index (χ4v) is 4.47. The highest BCUT2D eigenvalue weighted by molar-refractivity contribution is 6.74. The zero-order valence-electron chi connectivity index (χ0n) is 27.7. The Morgan fingerprint density at radius 3 is 1.60 bits per heavy atom. The van der Waals surface area contributed by atoms with E-state index in [0.29, 0.717) is 52.9 Å². The van der Waals surface area contributed by atoms with Gasteiger partial charge in [-0.2, -0.15) is 0 Å². The van der Waals surface area contributed by atoms with Gasteiger partial charge in [0, 0.05) is 12.7 Å². The average molecular weight is 616 g/mol. The predicted octanol–water partition coefficient (Wildman–Crippen LogP) is 7.68. The SMILES string of the molecule is CN(C(=O)OC(C)(C)C)c1ccc(/C=C/c2ccc(OCCOCCOCCOCCO[Si](C)(C)C(C)(C)C)cc2)cc1. The van der Waals surface area contributed by atoms with Crippen molar-refractivity contribution in [2.45, 2.75) is 65.3 Å². The highest BCUT2D eigenvalue weighted by atomic mass is 28.4. The number of carbonyl (C=O) groups is 1. The topological polar surface area (TPSA) is 75.7 Å². The van der Waals surface area contributed by atoms with Gasteiger partial charge >= 0.3 is 6.09 Å². The highest BCUT2D eigenvalue weighted by Crippen LogP contribution is 2.36. The van der Waals surface area contributed by atoms with Crippen molar-refractivity contribution in [1.82, 2.24) is 0 Å². The normalized spacial score (nSPS) is 12.5. The third-order valence-electron chi connectivity index (χ3n) is 7.03. The minimum Gasteiger partial charge on any atom is -0.491 e. The Bertz CT molecular complexity index is 1100. The summed E-state index contributed by atoms with van der Waals surface area (Å²) in [4.78, 5) is 13.8. The molecule has 0 aliphatic heterocycles. The van der Waals surface area contributed by atoms with Crippen LogP contribution in [0.1, 0.15) is 52.7 Å². The number of carbonyl (C=O) groups excluding carboxylic acids is 1. The molecule has 0 N–H and O–H groups in total. The standard InChI is InChI=1S/C34H53NO7Si/c1-33(2,3)42-32(36)35(7)30-16-12-28(13-17-30)10-11-29-14-18-31(19-15-29)40-26-24-38-22-20-37-21-23-39-25-27-41-43(8,9)34(4,5)6/h10-19H,20-27H2,1-9H3/b11-10+. The third kappa shape index (κ3) is 14.6. The van der Waals surface area contributed by atoms with E-state index in [2.05, 4.69) is 33.9 Å². The molecule has 2 rings (SSSR count). The largest absolute Gasteiger partial charge is 0.491 e. The van der Waals surface area contributed by atoms with Gasteiger partial charge < -0.3 is 28.1 Å². The molecule has 0 unspecified atom stereocenters. The van der Waals surface area contributed by atoms with E-state index in [1.807, 2.05) is 81.5 Å². The molecular formula is C34H53NO7Si. The summed E-state index contributed by atoms with van der Waals surface area (Å²) in [5.74, 6) is 0.793. The van der Waals surface area contributed by atoms with E-state index in [4.69, 9.17) is 28.1 Å². The van der Waals surface area contributed by atoms with Gasteiger partial charge in [-0.1, -0.05) is 57.2 Å². The van der Waals surface area contributed by atoms with Crippen molar-refractivity contribution < 1.29 is 32.9 Å². The third-order valence-corrected chi connectivity index (χ3v) is 11.6. The van der Waals surface area contributed by atoms with Crippen LogP contribution in [0.4, 0.5) is 10.5 Å². The maximum Gasteiger partial charge on any atom is 0.414 e. The van der Waals surface area contributed by atoms with Gasteiger partial charge in [0.1, 0.15) is 18.0 Å². The number of rotatable bonds is 17. The lowest BCUT2D eigenvalue weighted by molar-refractivity contribution is 0.00431. The lowest BCUT2D eigenvalue weighted by Crippen LogP contribution is -2.41. The van der Waals surface area contributed by atoms with Crippen molar-refractivity contribution >= 4 is 32.3 Å². The first-order chi connectivity index (χ1) is 20.2. The van der Waals surface area contributed by atoms with Crippen molar-refractivity contribution in [2.75, 3.05) is 64.8 Å². The summed E-state index contributed by atoms with van der Waals surface area (Å²) in [6.07, 6.45) is 3.68. The van der Waals surface area contributed by atoms with Crippen LogP contribution in [0.15, 0.2) is 48.5 Å². The number of anilines is 1. The summed E-state index contributed by atoms with van der Waals surface area (Å²) in [7, 11) is -0.00104. The molecule has 0 saturated carbocycles. The van der Waals surface area contributed by atoms with Gasteiger partial charge in [-0.15, -0.1) is 0 Å². The second-order valence-corrected chi connectivity index (χ2v) is 17.6. The molecule has 0 aliphatic rings. The quantitative estimate of drug-likeness (QED) is 0.103. The molecule has 0 aliphatic carbocycles. The van der Waals surface area contributed by atoms with Crippen LogP contribution in [-0.2, 0) is 23.4 Å². The van der Waals surface area contributed by atoms with Crippen molar-refractivity contribution in [3.05, 3.63) is 59.7 Å². The molecule has 0 spiro atoms. The second kappa shape index (κ2) is 17.6. The number of amides is 1. The van der Waals surface area contributed by atoms with Crippen molar-refractivity contribution in [1.29, 1.82) is 0 Å². The summed E-state index contributed by atoms with van der Waals surface area (Å²) in [5, 5.41) is 0.213. The van der Waals surface area contributed by atoms with Crippen LogP contribution in [-0.4, -0.2) is 79.9 Å². The molecule has 0 fully saturated rings. The summed E-state index contributed by atoms with van der Waals surface area (Å²) in [6.45, 7) is 21.1. The van der Waals surface area contributed by atoms with E-state index in [1.165, 1.54) is 4.90 Å². The summed E-state index contributed by atoms with van der Waals surface area (Å²) >= 11 is 0. The van der Waals surface area contributed by atoms with Crippen LogP contribution in [0.25, 0.3) is 12.2 Å². The molecule has 0 radical (unpaired) electrons. The zero-order chi connectivity index (χ0) is 31.9. The van der Waals surface area contributed by atoms with Crippen LogP contribution in [0.5, 0.6) is 5.75 Å². The number of nitrogens with zero attached hydrogens (tertiary/aromatic N) is 1. The maximum absolute atomic E-state index is 12.3. The van der Waals surface area contributed by atoms with E-state index in [1.54, 1.807) is 7.05 Å². The fraction of sp³-hybridized carbons (Fsp3) is 0.559. The van der Waals surface area contributed by atoms with E-state index < -0.39 is 13.9 Å². The van der Waals surface area contributed by atoms with Crippen LogP contribution < -0.4 is 9.64 Å². The zero-order valence-corrected chi connectivity index (χ0v) is 28.7. The van der Waals surface area contributed by atoms with Crippen molar-refractivity contribution in [3.63, 3.8) is 0 Å². The Labute approximate surface area is 260 Å². The molecule has 2 aromatic rings. The van der Waals surface area contributed by atoms with Crippen LogP contribution >= 0.6 is 0 Å². The van der Waals surface area contributed by atoms with Crippen LogP contribution in [0, 0.1) is 0 Å². The average Bonchev–Trinajstić information content (AvgIpc) is 2.93. The molecule has 0 aromatic heterocycles. The lowest BCUT2D eigenvalue weighted by Gasteiger charge is -2.36. The minimum absolute atomic E-state index is 0.213. The van der Waals surface area contributed by atoms with Crippen molar-refractivity contribution in [2.24, 2.45) is 0 Å². The van der Waals surface area contributed by atoms with Gasteiger partial charge in [0.05, 0.1) is 46.2 Å². The number of benzene rings is 2. The Morgan fingerprint density at radius 2 is 1.14 bits per heavy atom. The summed E-state index contributed by atoms with van der Waals surface area (Å²) < 4.78 is 34.0. The molecule has 8 nitrogen and oxygen atoms in total. The number of hydrogen-bond acceptors (Lipinski definition) is 7. The molecule has 240 valence electrons. The molecule has 9 heteroatoms. The molecule has 0 saturated heterocycles. The fourth-order valence-electron chi connectivity index (χ4n) is 3.45. The van der Waals surface area contributed by atoms with Gasteiger partial charge in [0.25, 0.3) is 0 Å². The Kier molecular flexibility index (Phi) is 14.9. The van der Waals surface area contributed by atoms with Crippen LogP contribution in [0.3, 0.4) is 0 Å². The molecular weight excluding hydrogens is 562 g/mol. The molecule has 0 heterocycles. The molecule has 0 bridgehead atoms. The van der Waals surface area contributed by atoms with Gasteiger partial charge in [0.2, 0.25) is 0 Å². The van der Waals surface area contributed by atoms with E-state index in [-0.39, 0.29) is 11.1 Å². The minimum atomic E-state index is -1.71. The monoisotopic (exact) mass is 615 g/mol. The molecule has 1 amide bonds. The Balaban J connectivity index is 1.55. The van der Waals surface area contributed by atoms with Gasteiger partial charge in [0.15, 0.2) is 8.32 Å². The van der Waals surface area contributed by atoms with Gasteiger partial charge in [-0.3, -0.25) is 4.90 Å². The van der Waals surface area contributed by atoms with E-state index in [0.717, 1.165) is 22.6 Å². The smallest absolute Gasteiger partial charge is 0.414 e. The first-order valence-electron chi connectivity index (χ1n) is 15.0. The Hall–Kier alpha value is -2.69. The molecule has 0 atom stereocenters. The molecule has 2 aromatic carbocycles. The summed E-state index contributed by atoms with van der Waals surface area (Å²) in [6, 6.07) is 15.6. The highest BCUT2D eigenvalue weighted by Gasteiger charge is 2.36.